The topological polar surface area (TPSA) is 139 Å². The zero-order valence-corrected chi connectivity index (χ0v) is 38.0. The summed E-state index contributed by atoms with van der Waals surface area (Å²) in [5, 5.41) is 9.72. The largest absolute Gasteiger partial charge is 0.726 e. The van der Waals surface area contributed by atoms with Crippen molar-refractivity contribution < 1.29 is 45.8 Å². The highest BCUT2D eigenvalue weighted by Crippen LogP contribution is 2.16. The summed E-state index contributed by atoms with van der Waals surface area (Å²) in [6.07, 6.45) is 40.3. The molecule has 0 amide bonds. The molecule has 11 heteroatoms. The first-order chi connectivity index (χ1) is 27.1. The number of carbonyl (C=O) groups is 2. The predicted octanol–water partition coefficient (Wildman–Crippen LogP) is 11.5. The summed E-state index contributed by atoms with van der Waals surface area (Å²) in [4.78, 5) is 24.7. The van der Waals surface area contributed by atoms with Crippen LogP contribution in [0.25, 0.3) is 0 Å². The second-order valence-electron chi connectivity index (χ2n) is 16.0. The number of ether oxygens (including phenoxy) is 2. The van der Waals surface area contributed by atoms with Gasteiger partial charge in [0.1, 0.15) is 32.8 Å². The standard InChI is InChI=1S/C44H88NO5.CH4O4S/c1-4-7-9-11-13-15-17-19-21-23-25-27-29-31-33-35-43(47)49-41-38-45(6-3,37-40-46)39-42-50-44(48)36-34-32-30-28-26-24-22-20-18-16-14-12-10-8-5-2;1-5-6(2,3)4/h46H,4-42H2,1-3H3;1H3,(H,2,3,4)/q+1;/p-1. The maximum Gasteiger partial charge on any atom is 0.305 e. The number of hydrogen-bond acceptors (Lipinski definition) is 9. The van der Waals surface area contributed by atoms with Gasteiger partial charge in [-0.15, -0.1) is 0 Å². The first kappa shape index (κ1) is 56.8. The van der Waals surface area contributed by atoms with Crippen molar-refractivity contribution in [3.63, 3.8) is 0 Å². The van der Waals surface area contributed by atoms with Gasteiger partial charge in [-0.3, -0.25) is 13.8 Å². The molecule has 0 fully saturated rings. The van der Waals surface area contributed by atoms with Gasteiger partial charge in [0.15, 0.2) is 0 Å². The molecule has 0 aromatic rings. The maximum atomic E-state index is 12.3. The van der Waals surface area contributed by atoms with Crippen LogP contribution in [0.1, 0.15) is 226 Å². The fourth-order valence-electron chi connectivity index (χ4n) is 7.15. The van der Waals surface area contributed by atoms with E-state index in [9.17, 15) is 27.7 Å². The van der Waals surface area contributed by atoms with Gasteiger partial charge in [-0.1, -0.05) is 194 Å². The molecular weight excluding hydrogens is 731 g/mol. The van der Waals surface area contributed by atoms with Crippen LogP contribution in [-0.2, 0) is 33.6 Å². The van der Waals surface area contributed by atoms with Crippen molar-refractivity contribution >= 4 is 22.3 Å². The molecule has 336 valence electrons. The maximum absolute atomic E-state index is 12.3. The molecule has 0 radical (unpaired) electrons. The summed E-state index contributed by atoms with van der Waals surface area (Å²) < 4.78 is 42.8. The highest BCUT2D eigenvalue weighted by atomic mass is 32.3. The number of quaternary nitrogens is 1. The van der Waals surface area contributed by atoms with Gasteiger partial charge >= 0.3 is 11.9 Å². The lowest BCUT2D eigenvalue weighted by Crippen LogP contribution is -2.53. The number of carbonyl (C=O) groups excluding carboxylic acids is 2. The van der Waals surface area contributed by atoms with Crippen LogP contribution in [0.4, 0.5) is 0 Å². The highest BCUT2D eigenvalue weighted by molar-refractivity contribution is 7.80. The first-order valence-electron chi connectivity index (χ1n) is 23.4. The molecule has 0 aliphatic rings. The summed E-state index contributed by atoms with van der Waals surface area (Å²) >= 11 is 0. The van der Waals surface area contributed by atoms with Gasteiger partial charge in [0.2, 0.25) is 10.4 Å². The van der Waals surface area contributed by atoms with Crippen molar-refractivity contribution in [1.82, 2.24) is 0 Å². The average Bonchev–Trinajstić information content (AvgIpc) is 3.17. The van der Waals surface area contributed by atoms with Gasteiger partial charge in [-0.25, -0.2) is 8.42 Å². The molecule has 0 heterocycles. The van der Waals surface area contributed by atoms with Crippen LogP contribution in [0.3, 0.4) is 0 Å². The fraction of sp³-hybridized carbons (Fsp3) is 0.956. The van der Waals surface area contributed by atoms with Crippen LogP contribution in [-0.4, -0.2) is 87.6 Å². The van der Waals surface area contributed by atoms with E-state index in [4.69, 9.17) is 9.47 Å². The summed E-state index contributed by atoms with van der Waals surface area (Å²) in [6, 6.07) is 0. The molecular formula is C45H91NO9S. The average molecular weight is 822 g/mol. The molecule has 0 atom stereocenters. The minimum Gasteiger partial charge on any atom is -0.726 e. The third-order valence-electron chi connectivity index (χ3n) is 11.1. The molecule has 0 aliphatic heterocycles. The number of hydrogen-bond donors (Lipinski definition) is 1. The number of nitrogens with zero attached hydrogens (tertiary/aromatic N) is 1. The van der Waals surface area contributed by atoms with Crippen LogP contribution in [0, 0.1) is 0 Å². The SMILES string of the molecule is CCCCCCCCCCCCCCCCCC(=O)OCC[N+](CC)(CCO)CCOC(=O)CCCCCCCCCCCCCCCCC.COS(=O)(=O)[O-]. The Morgan fingerprint density at radius 1 is 0.482 bits per heavy atom. The normalized spacial score (nSPS) is 11.7. The summed E-state index contributed by atoms with van der Waals surface area (Å²) in [5.41, 5.74) is 0. The molecule has 0 saturated heterocycles. The Kier molecular flexibility index (Phi) is 44.0. The Morgan fingerprint density at radius 3 is 0.946 bits per heavy atom. The van der Waals surface area contributed by atoms with E-state index in [1.54, 1.807) is 0 Å². The Balaban J connectivity index is 0. The van der Waals surface area contributed by atoms with E-state index in [2.05, 4.69) is 25.0 Å². The lowest BCUT2D eigenvalue weighted by atomic mass is 10.0. The molecule has 56 heavy (non-hydrogen) atoms. The lowest BCUT2D eigenvalue weighted by Gasteiger charge is -2.36. The van der Waals surface area contributed by atoms with Crippen LogP contribution >= 0.6 is 0 Å². The number of aliphatic hydroxyl groups excluding tert-OH is 1. The highest BCUT2D eigenvalue weighted by Gasteiger charge is 2.26. The van der Waals surface area contributed by atoms with Gasteiger partial charge in [0.25, 0.3) is 0 Å². The Morgan fingerprint density at radius 2 is 0.732 bits per heavy atom. The molecule has 0 saturated carbocycles. The molecule has 0 aromatic carbocycles. The smallest absolute Gasteiger partial charge is 0.305 e. The monoisotopic (exact) mass is 822 g/mol. The number of likely N-dealkylation sites (N-methyl/N-ethyl adjacent to an activating group) is 1. The molecule has 0 aliphatic carbocycles. The zero-order chi connectivity index (χ0) is 41.9. The van der Waals surface area contributed by atoms with E-state index in [0.29, 0.717) is 50.2 Å². The summed E-state index contributed by atoms with van der Waals surface area (Å²) in [7, 11) is -3.60. The molecule has 0 aromatic heterocycles. The molecule has 1 N–H and O–H groups in total. The third kappa shape index (κ3) is 43.8. The van der Waals surface area contributed by atoms with Crippen molar-refractivity contribution in [3.8, 4) is 0 Å². The molecule has 0 bridgehead atoms. The third-order valence-corrected chi connectivity index (χ3v) is 11.5. The Bertz CT molecular complexity index is 896. The summed E-state index contributed by atoms with van der Waals surface area (Å²) in [6.45, 7) is 10.0. The Labute approximate surface area is 346 Å². The Hall–Kier alpha value is -1.27. The second kappa shape index (κ2) is 43.3. The minimum absolute atomic E-state index is 0.0635. The number of aliphatic hydroxyl groups is 1. The molecule has 0 rings (SSSR count). The quantitative estimate of drug-likeness (QED) is 0.0209. The fourth-order valence-corrected chi connectivity index (χ4v) is 7.15. The van der Waals surface area contributed by atoms with Crippen molar-refractivity contribution in [2.24, 2.45) is 0 Å². The van der Waals surface area contributed by atoms with E-state index in [1.165, 1.54) is 167 Å². The van der Waals surface area contributed by atoms with E-state index < -0.39 is 10.4 Å². The predicted molar refractivity (Wildman–Crippen MR) is 230 cm³/mol. The number of unbranched alkanes of at least 4 members (excludes halogenated alkanes) is 28. The van der Waals surface area contributed by atoms with Crippen molar-refractivity contribution in [2.75, 3.05) is 53.1 Å². The van der Waals surface area contributed by atoms with Gasteiger partial charge in [0.05, 0.1) is 20.3 Å². The van der Waals surface area contributed by atoms with Gasteiger partial charge in [0, 0.05) is 12.8 Å². The van der Waals surface area contributed by atoms with E-state index in [0.717, 1.165) is 39.3 Å². The van der Waals surface area contributed by atoms with Crippen LogP contribution in [0.15, 0.2) is 0 Å². The van der Waals surface area contributed by atoms with Crippen LogP contribution in [0.2, 0.25) is 0 Å². The van der Waals surface area contributed by atoms with Gasteiger partial charge in [-0.05, 0) is 19.8 Å². The zero-order valence-electron chi connectivity index (χ0n) is 37.1. The van der Waals surface area contributed by atoms with E-state index >= 15 is 0 Å². The minimum atomic E-state index is -4.41. The van der Waals surface area contributed by atoms with Gasteiger partial charge in [-0.2, -0.15) is 0 Å². The van der Waals surface area contributed by atoms with Crippen LogP contribution < -0.4 is 0 Å². The van der Waals surface area contributed by atoms with Crippen molar-refractivity contribution in [1.29, 1.82) is 0 Å². The molecule has 0 spiro atoms. The molecule has 0 unspecified atom stereocenters. The number of esters is 2. The summed E-state index contributed by atoms with van der Waals surface area (Å²) in [5.74, 6) is -0.236. The molecule has 10 nitrogen and oxygen atoms in total. The first-order valence-corrected chi connectivity index (χ1v) is 24.7. The van der Waals surface area contributed by atoms with E-state index in [-0.39, 0.29) is 18.5 Å². The van der Waals surface area contributed by atoms with Crippen molar-refractivity contribution in [2.45, 2.75) is 226 Å². The second-order valence-corrected chi connectivity index (χ2v) is 17.1. The van der Waals surface area contributed by atoms with Crippen LogP contribution in [0.5, 0.6) is 0 Å². The van der Waals surface area contributed by atoms with E-state index in [1.807, 2.05) is 0 Å². The number of rotatable bonds is 42. The van der Waals surface area contributed by atoms with Gasteiger partial charge < -0.3 is 23.6 Å². The van der Waals surface area contributed by atoms with Crippen molar-refractivity contribution in [3.05, 3.63) is 0 Å². The lowest BCUT2D eigenvalue weighted by molar-refractivity contribution is -0.927.